The Balaban J connectivity index is 1.75. The monoisotopic (exact) mass is 345 g/mol. The molecule has 8 heteroatoms. The van der Waals surface area contributed by atoms with Gasteiger partial charge in [-0.3, -0.25) is 0 Å². The van der Waals surface area contributed by atoms with E-state index in [0.29, 0.717) is 34.0 Å². The van der Waals surface area contributed by atoms with Gasteiger partial charge in [0.05, 0.1) is 20.0 Å². The average molecular weight is 345 g/mol. The quantitative estimate of drug-likeness (QED) is 0.386. The maximum Gasteiger partial charge on any atom is 0.251 e. The zero-order chi connectivity index (χ0) is 16.9. The van der Waals surface area contributed by atoms with Crippen molar-refractivity contribution in [2.75, 3.05) is 14.2 Å². The van der Waals surface area contributed by atoms with Crippen LogP contribution in [0.3, 0.4) is 0 Å². The molecular weight excluding hydrogens is 330 g/mol. The van der Waals surface area contributed by atoms with Crippen LogP contribution in [0.15, 0.2) is 52.1 Å². The Hall–Kier alpha value is -2.74. The molecule has 0 unspecified atom stereocenters. The summed E-state index contributed by atoms with van der Waals surface area (Å²) in [6, 6.07) is 10.6. The number of hydrogen-bond acceptors (Lipinski definition) is 7. The van der Waals surface area contributed by atoms with E-state index in [1.807, 2.05) is 6.07 Å². The lowest BCUT2D eigenvalue weighted by molar-refractivity contribution is -0.645. The predicted molar refractivity (Wildman–Crippen MR) is 87.8 cm³/mol. The van der Waals surface area contributed by atoms with E-state index in [2.05, 4.69) is 10.1 Å². The summed E-state index contributed by atoms with van der Waals surface area (Å²) < 4.78 is 16.5. The fraction of sp³-hybridized carbons (Fsp3) is 0.188. The average Bonchev–Trinajstić information content (AvgIpc) is 3.09. The van der Waals surface area contributed by atoms with Crippen LogP contribution in [-0.4, -0.2) is 24.4 Å². The molecule has 3 rings (SSSR count). The highest BCUT2D eigenvalue weighted by Crippen LogP contribution is 2.31. The van der Waals surface area contributed by atoms with Gasteiger partial charge in [0.1, 0.15) is 0 Å². The largest absolute Gasteiger partial charge is 0.618 e. The summed E-state index contributed by atoms with van der Waals surface area (Å²) in [5, 5.41) is 16.1. The fourth-order valence-corrected chi connectivity index (χ4v) is 2.82. The highest BCUT2D eigenvalue weighted by Gasteiger charge is 2.14. The first-order valence-electron chi connectivity index (χ1n) is 7.07. The third-order valence-electron chi connectivity index (χ3n) is 3.24. The van der Waals surface area contributed by atoms with Crippen LogP contribution in [0.2, 0.25) is 0 Å². The third kappa shape index (κ3) is 3.43. The Morgan fingerprint density at radius 3 is 2.75 bits per heavy atom. The van der Waals surface area contributed by atoms with Gasteiger partial charge in [0.15, 0.2) is 17.7 Å². The molecule has 0 aliphatic carbocycles. The summed E-state index contributed by atoms with van der Waals surface area (Å²) in [4.78, 5) is 4.35. The van der Waals surface area contributed by atoms with E-state index in [1.54, 1.807) is 44.6 Å². The summed E-state index contributed by atoms with van der Waals surface area (Å²) in [6.45, 7) is 0. The Bertz CT molecular complexity index is 838. The molecule has 2 heterocycles. The van der Waals surface area contributed by atoms with Crippen molar-refractivity contribution >= 4 is 11.8 Å². The van der Waals surface area contributed by atoms with E-state index in [9.17, 15) is 5.21 Å². The van der Waals surface area contributed by atoms with Crippen molar-refractivity contribution in [3.8, 4) is 22.9 Å². The van der Waals surface area contributed by atoms with Gasteiger partial charge in [-0.1, -0.05) is 5.16 Å². The minimum absolute atomic E-state index is 0.409. The zero-order valence-electron chi connectivity index (χ0n) is 13.1. The van der Waals surface area contributed by atoms with Gasteiger partial charge in [-0.25, -0.2) is 0 Å². The SMILES string of the molecule is COc1ccc(-c2noc(CSc3cccc[n+]3[O-])n2)cc1OC. The van der Waals surface area contributed by atoms with E-state index in [1.165, 1.54) is 18.0 Å². The van der Waals surface area contributed by atoms with Gasteiger partial charge < -0.3 is 19.2 Å². The van der Waals surface area contributed by atoms with Crippen LogP contribution in [0, 0.1) is 5.21 Å². The smallest absolute Gasteiger partial charge is 0.251 e. The molecule has 0 fully saturated rings. The van der Waals surface area contributed by atoms with Crippen LogP contribution >= 0.6 is 11.8 Å². The fourth-order valence-electron chi connectivity index (χ4n) is 2.07. The lowest BCUT2D eigenvalue weighted by Crippen LogP contribution is -2.27. The second-order valence-corrected chi connectivity index (χ2v) is 5.73. The van der Waals surface area contributed by atoms with Gasteiger partial charge in [0.25, 0.3) is 5.03 Å². The molecular formula is C16H15N3O4S. The maximum absolute atomic E-state index is 11.6. The predicted octanol–water partition coefficient (Wildman–Crippen LogP) is 2.68. The van der Waals surface area contributed by atoms with Crippen LogP contribution < -0.4 is 14.2 Å². The van der Waals surface area contributed by atoms with Crippen LogP contribution in [0.1, 0.15) is 5.89 Å². The van der Waals surface area contributed by atoms with Gasteiger partial charge in [0.2, 0.25) is 11.7 Å². The molecule has 0 spiro atoms. The Labute approximate surface area is 142 Å². The van der Waals surface area contributed by atoms with Crippen LogP contribution in [0.4, 0.5) is 0 Å². The topological polar surface area (TPSA) is 84.3 Å². The van der Waals surface area contributed by atoms with Crippen molar-refractivity contribution in [3.63, 3.8) is 0 Å². The van der Waals surface area contributed by atoms with Crippen molar-refractivity contribution in [1.82, 2.24) is 10.1 Å². The molecule has 0 saturated heterocycles. The summed E-state index contributed by atoms with van der Waals surface area (Å²) in [5.41, 5.74) is 0.756. The number of ether oxygens (including phenoxy) is 2. The lowest BCUT2D eigenvalue weighted by atomic mass is 10.2. The summed E-state index contributed by atoms with van der Waals surface area (Å²) >= 11 is 1.33. The minimum atomic E-state index is 0.409. The third-order valence-corrected chi connectivity index (χ3v) is 4.25. The second-order valence-electron chi connectivity index (χ2n) is 4.73. The summed E-state index contributed by atoms with van der Waals surface area (Å²) in [7, 11) is 3.14. The van der Waals surface area contributed by atoms with Gasteiger partial charge in [-0.05, 0) is 36.0 Å². The molecule has 24 heavy (non-hydrogen) atoms. The van der Waals surface area contributed by atoms with E-state index in [0.717, 1.165) is 10.3 Å². The Kier molecular flexibility index (Phi) is 4.85. The van der Waals surface area contributed by atoms with Crippen molar-refractivity contribution in [2.45, 2.75) is 10.8 Å². The highest BCUT2D eigenvalue weighted by atomic mass is 32.2. The number of benzene rings is 1. The standard InChI is InChI=1S/C16H15N3O4S/c1-21-12-7-6-11(9-13(12)22-2)16-17-14(23-18-16)10-24-15-5-3-4-8-19(15)20/h3-9H,10H2,1-2H3. The van der Waals surface area contributed by atoms with Gasteiger partial charge in [-0.15, -0.1) is 0 Å². The van der Waals surface area contributed by atoms with Crippen molar-refractivity contribution in [1.29, 1.82) is 0 Å². The number of aromatic nitrogens is 3. The van der Waals surface area contributed by atoms with Gasteiger partial charge in [-0.2, -0.15) is 9.71 Å². The Morgan fingerprint density at radius 1 is 1.17 bits per heavy atom. The molecule has 0 amide bonds. The molecule has 0 N–H and O–H groups in total. The molecule has 0 aliphatic heterocycles. The number of rotatable bonds is 6. The number of pyridine rings is 1. The van der Waals surface area contributed by atoms with Crippen LogP contribution in [-0.2, 0) is 5.75 Å². The first kappa shape index (κ1) is 16.1. The van der Waals surface area contributed by atoms with Crippen LogP contribution in [0.25, 0.3) is 11.4 Å². The molecule has 0 bridgehead atoms. The number of hydrogen-bond donors (Lipinski definition) is 0. The second kappa shape index (κ2) is 7.22. The first-order chi connectivity index (χ1) is 11.7. The molecule has 3 aromatic rings. The highest BCUT2D eigenvalue weighted by molar-refractivity contribution is 7.98. The summed E-state index contributed by atoms with van der Waals surface area (Å²) in [5.74, 6) is 2.52. The summed E-state index contributed by atoms with van der Waals surface area (Å²) in [6.07, 6.45) is 1.45. The normalized spacial score (nSPS) is 10.6. The molecule has 1 aromatic carbocycles. The van der Waals surface area contributed by atoms with Crippen molar-refractivity contribution in [2.24, 2.45) is 0 Å². The van der Waals surface area contributed by atoms with Crippen molar-refractivity contribution < 1.29 is 18.7 Å². The molecule has 124 valence electrons. The van der Waals surface area contributed by atoms with E-state index >= 15 is 0 Å². The van der Waals surface area contributed by atoms with Crippen molar-refractivity contribution in [3.05, 3.63) is 53.7 Å². The van der Waals surface area contributed by atoms with E-state index in [-0.39, 0.29) is 0 Å². The molecule has 0 atom stereocenters. The minimum Gasteiger partial charge on any atom is -0.618 e. The van der Waals surface area contributed by atoms with Gasteiger partial charge >= 0.3 is 0 Å². The molecule has 0 radical (unpaired) electrons. The molecule has 2 aromatic heterocycles. The molecule has 0 aliphatic rings. The lowest BCUT2D eigenvalue weighted by Gasteiger charge is -2.07. The van der Waals surface area contributed by atoms with E-state index < -0.39 is 0 Å². The number of nitrogens with zero attached hydrogens (tertiary/aromatic N) is 3. The zero-order valence-corrected chi connectivity index (χ0v) is 13.9. The van der Waals surface area contributed by atoms with Gasteiger partial charge in [0, 0.05) is 17.7 Å². The van der Waals surface area contributed by atoms with E-state index in [4.69, 9.17) is 14.0 Å². The number of methoxy groups -OCH3 is 2. The maximum atomic E-state index is 11.6. The molecule has 0 saturated carbocycles. The number of thioether (sulfide) groups is 1. The molecule has 7 nitrogen and oxygen atoms in total. The first-order valence-corrected chi connectivity index (χ1v) is 8.06. The van der Waals surface area contributed by atoms with Crippen LogP contribution in [0.5, 0.6) is 11.5 Å². The Morgan fingerprint density at radius 2 is 2.00 bits per heavy atom.